The molecule has 0 saturated carbocycles. The van der Waals surface area contributed by atoms with Crippen LogP contribution in [0.15, 0.2) is 12.2 Å². The fourth-order valence-electron chi connectivity index (χ4n) is 3.93. The molecule has 0 aliphatic heterocycles. The van der Waals surface area contributed by atoms with E-state index in [1.807, 2.05) is 6.08 Å². The van der Waals surface area contributed by atoms with Crippen LogP contribution in [-0.2, 0) is 18.4 Å². The average Bonchev–Trinajstić information content (AvgIpc) is 2.71. The summed E-state index contributed by atoms with van der Waals surface area (Å²) < 4.78 is 19.5. The molecule has 0 unspecified atom stereocenters. The first-order valence-corrected chi connectivity index (χ1v) is 16.9. The zero-order valence-electron chi connectivity index (χ0n) is 20.8. The van der Waals surface area contributed by atoms with Gasteiger partial charge in [-0.2, -0.15) is 0 Å². The Balaban J connectivity index is 3.31. The molecule has 0 fully saturated rings. The lowest BCUT2D eigenvalue weighted by molar-refractivity contribution is -0.148. The second-order valence-electron chi connectivity index (χ2n) is 10.3. The molecule has 1 aliphatic rings. The van der Waals surface area contributed by atoms with Crippen LogP contribution in [0.25, 0.3) is 0 Å². The molecule has 0 amide bonds. The molecule has 1 aliphatic carbocycles. The van der Waals surface area contributed by atoms with Crippen LogP contribution in [0.2, 0.25) is 36.3 Å². The van der Waals surface area contributed by atoms with Crippen molar-refractivity contribution in [2.75, 3.05) is 0 Å². The van der Waals surface area contributed by atoms with Crippen LogP contribution in [0, 0.1) is 11.8 Å². The van der Waals surface area contributed by atoms with Crippen LogP contribution in [0.4, 0.5) is 0 Å². The number of carbonyl (C=O) groups excluding carboxylic acids is 1. The van der Waals surface area contributed by atoms with Crippen LogP contribution < -0.4 is 0 Å². The summed E-state index contributed by atoms with van der Waals surface area (Å²) in [4.78, 5) is 11.7. The summed E-state index contributed by atoms with van der Waals surface area (Å²) in [6.45, 7) is 24.1. The van der Waals surface area contributed by atoms with Crippen LogP contribution >= 0.6 is 0 Å². The van der Waals surface area contributed by atoms with E-state index in [-0.39, 0.29) is 41.2 Å². The zero-order chi connectivity index (χ0) is 22.6. The smallest absolute Gasteiger partial charge is 0.303 e. The first-order chi connectivity index (χ1) is 13.2. The van der Waals surface area contributed by atoms with E-state index in [1.54, 1.807) is 0 Å². The van der Waals surface area contributed by atoms with Gasteiger partial charge in [0.25, 0.3) is 0 Å². The molecule has 4 nitrogen and oxygen atoms in total. The van der Waals surface area contributed by atoms with Gasteiger partial charge in [-0.15, -0.1) is 0 Å². The molecular formula is C23H46O4Si2. The van der Waals surface area contributed by atoms with Crippen molar-refractivity contribution in [1.82, 2.24) is 0 Å². The summed E-state index contributed by atoms with van der Waals surface area (Å²) in [5.74, 6) is 0.0498. The Morgan fingerprint density at radius 1 is 0.897 bits per heavy atom. The van der Waals surface area contributed by atoms with Gasteiger partial charge in [0.15, 0.2) is 16.6 Å². The summed E-state index contributed by atoms with van der Waals surface area (Å²) in [5.41, 5.74) is 0. The Kier molecular flexibility index (Phi) is 9.40. The maximum atomic E-state index is 11.7. The first-order valence-electron chi connectivity index (χ1n) is 11.4. The van der Waals surface area contributed by atoms with Crippen molar-refractivity contribution >= 4 is 22.6 Å². The lowest BCUT2D eigenvalue weighted by Gasteiger charge is -2.44. The van der Waals surface area contributed by atoms with Gasteiger partial charge in [-0.25, -0.2) is 0 Å². The Bertz CT molecular complexity index is 555. The third kappa shape index (κ3) is 6.52. The van der Waals surface area contributed by atoms with Crippen LogP contribution in [0.3, 0.4) is 0 Å². The molecule has 0 bridgehead atoms. The minimum atomic E-state index is -1.95. The van der Waals surface area contributed by atoms with Gasteiger partial charge in [0, 0.05) is 18.8 Å². The highest BCUT2D eigenvalue weighted by Crippen LogP contribution is 2.41. The molecule has 0 aromatic carbocycles. The highest BCUT2D eigenvalue weighted by molar-refractivity contribution is 6.74. The predicted molar refractivity (Wildman–Crippen MR) is 127 cm³/mol. The predicted octanol–water partition coefficient (Wildman–Crippen LogP) is 6.54. The van der Waals surface area contributed by atoms with E-state index in [0.717, 1.165) is 18.1 Å². The minimum Gasteiger partial charge on any atom is -0.458 e. The SMILES string of the molecule is CC[Si](CC)(CC)O[C@H]1[C@@H](C)[C@H](O[Si](C)(C)C(C)(C)C)C=C[C@@H](OC(C)=O)[C@H]1C. The molecule has 170 valence electrons. The van der Waals surface area contributed by atoms with Gasteiger partial charge < -0.3 is 13.6 Å². The molecule has 0 spiro atoms. The van der Waals surface area contributed by atoms with Gasteiger partial charge in [-0.1, -0.05) is 61.5 Å². The molecule has 0 aromatic heterocycles. The Morgan fingerprint density at radius 3 is 1.76 bits per heavy atom. The number of rotatable bonds is 8. The van der Waals surface area contributed by atoms with E-state index in [9.17, 15) is 4.79 Å². The number of hydrogen-bond acceptors (Lipinski definition) is 4. The second kappa shape index (κ2) is 10.2. The fourth-order valence-corrected chi connectivity index (χ4v) is 8.26. The van der Waals surface area contributed by atoms with Crippen molar-refractivity contribution in [3.8, 4) is 0 Å². The van der Waals surface area contributed by atoms with Gasteiger partial charge in [0.2, 0.25) is 0 Å². The van der Waals surface area contributed by atoms with E-state index in [4.69, 9.17) is 13.6 Å². The average molecular weight is 443 g/mol. The molecule has 0 aromatic rings. The topological polar surface area (TPSA) is 44.8 Å². The monoisotopic (exact) mass is 442 g/mol. The van der Waals surface area contributed by atoms with Gasteiger partial charge >= 0.3 is 5.97 Å². The van der Waals surface area contributed by atoms with E-state index < -0.39 is 16.6 Å². The lowest BCUT2D eigenvalue weighted by atomic mass is 9.89. The quantitative estimate of drug-likeness (QED) is 0.243. The van der Waals surface area contributed by atoms with Crippen molar-refractivity contribution in [2.24, 2.45) is 11.8 Å². The minimum absolute atomic E-state index is 0.00985. The Labute approximate surface area is 182 Å². The highest BCUT2D eigenvalue weighted by Gasteiger charge is 2.45. The lowest BCUT2D eigenvalue weighted by Crippen LogP contribution is -2.51. The number of ether oxygens (including phenoxy) is 1. The zero-order valence-corrected chi connectivity index (χ0v) is 22.8. The standard InChI is InChI=1S/C23H46O4Si2/c1-12-29(13-2,14-3)27-22-17(4)20(25-19(6)24)15-16-21(18(22)5)26-28(10,11)23(7,8)9/h15-18,20-22H,12-14H2,1-11H3/t17-,18+,20-,21-,22-/m1/s1. The van der Waals surface area contributed by atoms with Gasteiger partial charge in [-0.3, -0.25) is 4.79 Å². The van der Waals surface area contributed by atoms with E-state index in [0.29, 0.717) is 0 Å². The maximum Gasteiger partial charge on any atom is 0.303 e. The Morgan fingerprint density at radius 2 is 1.34 bits per heavy atom. The first kappa shape index (κ1) is 26.6. The summed E-state index contributed by atoms with van der Waals surface area (Å²) in [7, 11) is -3.77. The molecule has 0 radical (unpaired) electrons. The number of carbonyl (C=O) groups is 1. The van der Waals surface area contributed by atoms with Crippen LogP contribution in [-0.4, -0.2) is 40.9 Å². The van der Waals surface area contributed by atoms with E-state index in [2.05, 4.69) is 74.6 Å². The molecule has 1 rings (SSSR count). The normalized spacial score (nSPS) is 28.9. The molecule has 29 heavy (non-hydrogen) atoms. The van der Waals surface area contributed by atoms with E-state index in [1.165, 1.54) is 6.92 Å². The second-order valence-corrected chi connectivity index (χ2v) is 19.8. The molecule has 5 atom stereocenters. The molecule has 6 heteroatoms. The number of esters is 1. The van der Waals surface area contributed by atoms with Crippen molar-refractivity contribution in [1.29, 1.82) is 0 Å². The fraction of sp³-hybridized carbons (Fsp3) is 0.870. The number of hydrogen-bond donors (Lipinski definition) is 0. The third-order valence-electron chi connectivity index (χ3n) is 7.42. The molecule has 0 N–H and O–H groups in total. The molecular weight excluding hydrogens is 396 g/mol. The molecule has 0 saturated heterocycles. The van der Waals surface area contributed by atoms with Crippen molar-refractivity contribution in [2.45, 2.75) is 117 Å². The third-order valence-corrected chi connectivity index (χ3v) is 16.5. The van der Waals surface area contributed by atoms with Crippen molar-refractivity contribution in [3.05, 3.63) is 12.2 Å². The van der Waals surface area contributed by atoms with Crippen LogP contribution in [0.5, 0.6) is 0 Å². The summed E-state index contributed by atoms with van der Waals surface area (Å²) >= 11 is 0. The van der Waals surface area contributed by atoms with E-state index >= 15 is 0 Å². The van der Waals surface area contributed by atoms with Gasteiger partial charge in [-0.05, 0) is 42.3 Å². The van der Waals surface area contributed by atoms with Gasteiger partial charge in [0.05, 0.1) is 12.2 Å². The Hall–Kier alpha value is -0.436. The van der Waals surface area contributed by atoms with Crippen LogP contribution in [0.1, 0.15) is 62.3 Å². The summed E-state index contributed by atoms with van der Waals surface area (Å²) in [6.07, 6.45) is 3.88. The maximum absolute atomic E-state index is 11.7. The van der Waals surface area contributed by atoms with Gasteiger partial charge in [0.1, 0.15) is 6.10 Å². The summed E-state index contributed by atoms with van der Waals surface area (Å²) in [5, 5.41) is 0.138. The van der Waals surface area contributed by atoms with Crippen molar-refractivity contribution in [3.63, 3.8) is 0 Å². The van der Waals surface area contributed by atoms with Crippen molar-refractivity contribution < 1.29 is 18.4 Å². The summed E-state index contributed by atoms with van der Waals surface area (Å²) in [6, 6.07) is 3.32. The largest absolute Gasteiger partial charge is 0.458 e. The molecule has 0 heterocycles. The highest BCUT2D eigenvalue weighted by atomic mass is 28.4.